The van der Waals surface area contributed by atoms with Crippen molar-refractivity contribution in [3.05, 3.63) is 59.8 Å². The zero-order valence-electron chi connectivity index (χ0n) is 14.1. The smallest absolute Gasteiger partial charge is 0.275 e. The quantitative estimate of drug-likeness (QED) is 0.797. The lowest BCUT2D eigenvalue weighted by molar-refractivity contribution is 0.0970. The number of aromatic nitrogens is 1. The first-order valence-corrected chi connectivity index (χ1v) is 8.41. The molecule has 3 aromatic rings. The van der Waals surface area contributed by atoms with Crippen LogP contribution in [-0.4, -0.2) is 35.8 Å². The fourth-order valence-corrected chi connectivity index (χ4v) is 3.67. The van der Waals surface area contributed by atoms with Gasteiger partial charge in [-0.25, -0.2) is 0 Å². The molecule has 25 heavy (non-hydrogen) atoms. The van der Waals surface area contributed by atoms with E-state index in [2.05, 4.69) is 0 Å². The lowest BCUT2D eigenvalue weighted by atomic mass is 10.0. The number of amides is 1. The molecule has 1 N–H and O–H groups in total. The third-order valence-electron chi connectivity index (χ3n) is 4.80. The predicted molar refractivity (Wildman–Crippen MR) is 97.4 cm³/mol. The third kappa shape index (κ3) is 2.48. The van der Waals surface area contributed by atoms with Gasteiger partial charge in [0, 0.05) is 29.7 Å². The minimum atomic E-state index is -0.0175. The summed E-state index contributed by atoms with van der Waals surface area (Å²) in [5, 5.41) is 10.5. The van der Waals surface area contributed by atoms with Gasteiger partial charge in [-0.2, -0.15) is 0 Å². The Morgan fingerprint density at radius 1 is 1.16 bits per heavy atom. The van der Waals surface area contributed by atoms with Crippen LogP contribution < -0.4 is 9.64 Å². The van der Waals surface area contributed by atoms with Crippen LogP contribution in [0, 0.1) is 0 Å². The van der Waals surface area contributed by atoms with Gasteiger partial charge in [0.25, 0.3) is 5.91 Å². The van der Waals surface area contributed by atoms with Gasteiger partial charge in [0.2, 0.25) is 0 Å². The largest absolute Gasteiger partial charge is 0.497 e. The molecule has 5 nitrogen and oxygen atoms in total. The Bertz CT molecular complexity index is 931. The maximum atomic E-state index is 13.2. The van der Waals surface area contributed by atoms with Crippen LogP contribution in [0.5, 0.6) is 5.75 Å². The number of ether oxygens (including phenoxy) is 1. The van der Waals surface area contributed by atoms with E-state index in [-0.39, 0.29) is 12.5 Å². The number of nitrogens with zero attached hydrogens (tertiary/aromatic N) is 2. The first kappa shape index (κ1) is 15.7. The van der Waals surface area contributed by atoms with Gasteiger partial charge in [-0.3, -0.25) is 4.79 Å². The van der Waals surface area contributed by atoms with Gasteiger partial charge >= 0.3 is 0 Å². The number of carbonyl (C=O) groups is 1. The Kier molecular flexibility index (Phi) is 3.93. The fraction of sp³-hybridized carbons (Fsp3) is 0.250. The number of methoxy groups -OCH3 is 1. The van der Waals surface area contributed by atoms with Crippen molar-refractivity contribution in [1.29, 1.82) is 0 Å². The number of hydrogen-bond acceptors (Lipinski definition) is 3. The van der Waals surface area contributed by atoms with E-state index in [1.165, 1.54) is 0 Å². The number of aliphatic hydroxyl groups is 1. The molecule has 0 saturated heterocycles. The number of aliphatic hydroxyl groups excluding tert-OH is 1. The molecule has 0 atom stereocenters. The molecule has 2 aromatic carbocycles. The molecule has 0 aliphatic carbocycles. The first-order valence-electron chi connectivity index (χ1n) is 8.41. The number of benzene rings is 2. The number of hydrogen-bond donors (Lipinski definition) is 1. The van der Waals surface area contributed by atoms with Gasteiger partial charge in [0.05, 0.1) is 13.7 Å². The SMILES string of the molecule is COc1ccc2c(c1)c1c(n2CCO)C(=O)N(c2ccccc2)CC1. The van der Waals surface area contributed by atoms with Gasteiger partial charge in [0.15, 0.2) is 0 Å². The number of para-hydroxylation sites is 1. The zero-order valence-corrected chi connectivity index (χ0v) is 14.1. The molecule has 1 aromatic heterocycles. The van der Waals surface area contributed by atoms with Crippen molar-refractivity contribution in [3.8, 4) is 5.75 Å². The molecule has 0 spiro atoms. The average molecular weight is 336 g/mol. The second-order valence-corrected chi connectivity index (χ2v) is 6.13. The summed E-state index contributed by atoms with van der Waals surface area (Å²) >= 11 is 0. The molecule has 4 rings (SSSR count). The standard InChI is InChI=1S/C20H20N2O3/c1-25-15-7-8-18-17(13-15)16-9-10-21(14-5-3-2-4-6-14)20(24)19(16)22(18)11-12-23/h2-8,13,23H,9-12H2,1H3. The van der Waals surface area contributed by atoms with Crippen molar-refractivity contribution >= 4 is 22.5 Å². The van der Waals surface area contributed by atoms with Gasteiger partial charge < -0.3 is 19.3 Å². The van der Waals surface area contributed by atoms with Crippen LogP contribution in [0.1, 0.15) is 16.1 Å². The topological polar surface area (TPSA) is 54.7 Å². The van der Waals surface area contributed by atoms with Crippen LogP contribution in [-0.2, 0) is 13.0 Å². The Morgan fingerprint density at radius 2 is 1.96 bits per heavy atom. The van der Waals surface area contributed by atoms with Crippen molar-refractivity contribution in [2.24, 2.45) is 0 Å². The molecule has 0 fully saturated rings. The third-order valence-corrected chi connectivity index (χ3v) is 4.80. The number of rotatable bonds is 4. The van der Waals surface area contributed by atoms with E-state index in [0.717, 1.165) is 34.3 Å². The normalized spacial score (nSPS) is 14.0. The van der Waals surface area contributed by atoms with Gasteiger partial charge in [-0.15, -0.1) is 0 Å². The summed E-state index contributed by atoms with van der Waals surface area (Å²) in [4.78, 5) is 15.0. The molecular weight excluding hydrogens is 316 g/mol. The molecular formula is C20H20N2O3. The lowest BCUT2D eigenvalue weighted by Crippen LogP contribution is -2.38. The summed E-state index contributed by atoms with van der Waals surface area (Å²) in [7, 11) is 1.64. The molecule has 0 bridgehead atoms. The summed E-state index contributed by atoms with van der Waals surface area (Å²) < 4.78 is 7.28. The molecule has 0 radical (unpaired) electrons. The summed E-state index contributed by atoms with van der Waals surface area (Å²) in [6.07, 6.45) is 0.776. The Balaban J connectivity index is 1.89. The van der Waals surface area contributed by atoms with E-state index in [4.69, 9.17) is 4.74 Å². The summed E-state index contributed by atoms with van der Waals surface area (Å²) in [5.41, 5.74) is 3.58. The highest BCUT2D eigenvalue weighted by Gasteiger charge is 2.31. The number of fused-ring (bicyclic) bond motifs is 3. The van der Waals surface area contributed by atoms with Gasteiger partial charge in [-0.05, 0) is 42.3 Å². The van der Waals surface area contributed by atoms with E-state index in [0.29, 0.717) is 18.8 Å². The van der Waals surface area contributed by atoms with E-state index in [9.17, 15) is 9.90 Å². The van der Waals surface area contributed by atoms with Crippen molar-refractivity contribution in [2.45, 2.75) is 13.0 Å². The fourth-order valence-electron chi connectivity index (χ4n) is 3.67. The van der Waals surface area contributed by atoms with E-state index in [1.807, 2.05) is 58.0 Å². The summed E-state index contributed by atoms with van der Waals surface area (Å²) in [6, 6.07) is 15.5. The lowest BCUT2D eigenvalue weighted by Gasteiger charge is -2.28. The van der Waals surface area contributed by atoms with Crippen LogP contribution in [0.2, 0.25) is 0 Å². The van der Waals surface area contributed by atoms with Crippen LogP contribution in [0.4, 0.5) is 5.69 Å². The summed E-state index contributed by atoms with van der Waals surface area (Å²) in [6.45, 7) is 1.03. The highest BCUT2D eigenvalue weighted by Crippen LogP contribution is 2.34. The van der Waals surface area contributed by atoms with Crippen molar-refractivity contribution in [2.75, 3.05) is 25.2 Å². The van der Waals surface area contributed by atoms with Crippen molar-refractivity contribution in [3.63, 3.8) is 0 Å². The molecule has 2 heterocycles. The highest BCUT2D eigenvalue weighted by atomic mass is 16.5. The summed E-state index contributed by atoms with van der Waals surface area (Å²) in [5.74, 6) is 0.755. The molecule has 128 valence electrons. The number of carbonyl (C=O) groups excluding carboxylic acids is 1. The van der Waals surface area contributed by atoms with Crippen molar-refractivity contribution < 1.29 is 14.6 Å². The van der Waals surface area contributed by atoms with Crippen LogP contribution in [0.3, 0.4) is 0 Å². The van der Waals surface area contributed by atoms with Crippen LogP contribution in [0.15, 0.2) is 48.5 Å². The van der Waals surface area contributed by atoms with Gasteiger partial charge in [-0.1, -0.05) is 18.2 Å². The van der Waals surface area contributed by atoms with Gasteiger partial charge in [0.1, 0.15) is 11.4 Å². The first-order chi connectivity index (χ1) is 12.2. The van der Waals surface area contributed by atoms with E-state index < -0.39 is 0 Å². The molecule has 1 amide bonds. The van der Waals surface area contributed by atoms with Crippen molar-refractivity contribution in [1.82, 2.24) is 4.57 Å². The maximum absolute atomic E-state index is 13.2. The predicted octanol–water partition coefficient (Wildman–Crippen LogP) is 2.85. The molecule has 1 aliphatic heterocycles. The minimum Gasteiger partial charge on any atom is -0.497 e. The monoisotopic (exact) mass is 336 g/mol. The second-order valence-electron chi connectivity index (χ2n) is 6.13. The molecule has 0 saturated carbocycles. The molecule has 1 aliphatic rings. The maximum Gasteiger partial charge on any atom is 0.275 e. The Hall–Kier alpha value is -2.79. The molecule has 0 unspecified atom stereocenters. The number of anilines is 1. The van der Waals surface area contributed by atoms with Crippen LogP contribution in [0.25, 0.3) is 10.9 Å². The molecule has 5 heteroatoms. The minimum absolute atomic E-state index is 0.0130. The van der Waals surface area contributed by atoms with E-state index >= 15 is 0 Å². The second kappa shape index (κ2) is 6.26. The highest BCUT2D eigenvalue weighted by molar-refractivity contribution is 6.11. The average Bonchev–Trinajstić information content (AvgIpc) is 2.97. The zero-order chi connectivity index (χ0) is 17.4. The Labute approximate surface area is 146 Å². The van der Waals surface area contributed by atoms with Crippen LogP contribution >= 0.6 is 0 Å². The Morgan fingerprint density at radius 3 is 2.68 bits per heavy atom. The van der Waals surface area contributed by atoms with E-state index in [1.54, 1.807) is 7.11 Å².